The molecule has 0 saturated heterocycles. The molecule has 0 saturated carbocycles. The molecule has 0 bridgehead atoms. The number of pyridine rings is 1. The van der Waals surface area contributed by atoms with E-state index < -0.39 is 0 Å². The van der Waals surface area contributed by atoms with Crippen molar-refractivity contribution in [3.05, 3.63) is 29.2 Å². The first-order chi connectivity index (χ1) is 8.46. The normalized spacial score (nSPS) is 11.8. The highest BCUT2D eigenvalue weighted by molar-refractivity contribution is 7.05. The molecular weight excluding hydrogens is 251 g/mol. The van der Waals surface area contributed by atoms with Crippen LogP contribution >= 0.6 is 11.5 Å². The molecule has 0 spiro atoms. The predicted octanol–water partition coefficient (Wildman–Crippen LogP) is 2.63. The molecule has 0 unspecified atom stereocenters. The van der Waals surface area contributed by atoms with Gasteiger partial charge in [0.05, 0.1) is 11.1 Å². The van der Waals surface area contributed by atoms with E-state index in [4.69, 9.17) is 0 Å². The Bertz CT molecular complexity index is 533. The summed E-state index contributed by atoms with van der Waals surface area (Å²) in [4.78, 5) is 4.82. The second kappa shape index (κ2) is 5.07. The van der Waals surface area contributed by atoms with Crippen molar-refractivity contribution in [3.63, 3.8) is 0 Å². The van der Waals surface area contributed by atoms with E-state index in [0.717, 1.165) is 4.88 Å². The fourth-order valence-corrected chi connectivity index (χ4v) is 2.03. The molecule has 2 aromatic heterocycles. The topological polar surface area (TPSA) is 50.7 Å². The van der Waals surface area contributed by atoms with E-state index in [1.165, 1.54) is 23.8 Å². The number of aromatic nitrogens is 3. The van der Waals surface area contributed by atoms with Crippen LogP contribution in [0.2, 0.25) is 0 Å². The van der Waals surface area contributed by atoms with Crippen molar-refractivity contribution >= 4 is 11.5 Å². The summed E-state index contributed by atoms with van der Waals surface area (Å²) in [6, 6.07) is 1.42. The lowest BCUT2D eigenvalue weighted by molar-refractivity contribution is 0.426. The molecule has 0 aliphatic heterocycles. The van der Waals surface area contributed by atoms with Crippen LogP contribution in [0, 0.1) is 5.82 Å². The van der Waals surface area contributed by atoms with Gasteiger partial charge in [-0.1, -0.05) is 4.49 Å². The van der Waals surface area contributed by atoms with Crippen molar-refractivity contribution in [3.8, 4) is 11.3 Å². The molecule has 6 heteroatoms. The van der Waals surface area contributed by atoms with E-state index in [1.807, 2.05) is 0 Å². The molecule has 2 rings (SSSR count). The van der Waals surface area contributed by atoms with Gasteiger partial charge in [-0.15, -0.1) is 5.10 Å². The number of hydrogen-bond donors (Lipinski definition) is 1. The van der Waals surface area contributed by atoms with Gasteiger partial charge >= 0.3 is 0 Å². The van der Waals surface area contributed by atoms with Crippen molar-refractivity contribution in [1.82, 2.24) is 19.9 Å². The number of halogens is 1. The molecule has 0 atom stereocenters. The molecule has 0 aromatic carbocycles. The summed E-state index contributed by atoms with van der Waals surface area (Å²) in [5, 5.41) is 7.42. The highest BCUT2D eigenvalue weighted by Gasteiger charge is 2.14. The van der Waals surface area contributed by atoms with Gasteiger partial charge < -0.3 is 5.32 Å². The standard InChI is InChI=1S/C12H15FN4S/c1-12(2,3)15-7-10-11(16-17-18-10)8-4-9(13)6-14-5-8/h4-6,15H,7H2,1-3H3. The molecule has 0 amide bonds. The molecule has 96 valence electrons. The zero-order valence-corrected chi connectivity index (χ0v) is 11.4. The lowest BCUT2D eigenvalue weighted by Crippen LogP contribution is -2.34. The molecule has 0 aliphatic carbocycles. The first kappa shape index (κ1) is 13.0. The molecule has 1 N–H and O–H groups in total. The van der Waals surface area contributed by atoms with Crippen molar-refractivity contribution in [2.24, 2.45) is 0 Å². The summed E-state index contributed by atoms with van der Waals surface area (Å²) in [5.41, 5.74) is 1.37. The van der Waals surface area contributed by atoms with Gasteiger partial charge in [0.25, 0.3) is 0 Å². The minimum Gasteiger partial charge on any atom is -0.307 e. The highest BCUT2D eigenvalue weighted by Crippen LogP contribution is 2.24. The Morgan fingerprint density at radius 1 is 1.33 bits per heavy atom. The average molecular weight is 266 g/mol. The van der Waals surface area contributed by atoms with Gasteiger partial charge in [-0.25, -0.2) is 4.39 Å². The first-order valence-corrected chi connectivity index (χ1v) is 6.40. The fraction of sp³-hybridized carbons (Fsp3) is 0.417. The predicted molar refractivity (Wildman–Crippen MR) is 69.7 cm³/mol. The second-order valence-corrected chi connectivity index (χ2v) is 5.88. The lowest BCUT2D eigenvalue weighted by atomic mass is 10.1. The third-order valence-corrected chi connectivity index (χ3v) is 3.03. The summed E-state index contributed by atoms with van der Waals surface area (Å²) in [6.07, 6.45) is 2.77. The third-order valence-electron chi connectivity index (χ3n) is 2.31. The minimum absolute atomic E-state index is 0.0153. The summed E-state index contributed by atoms with van der Waals surface area (Å²) in [6.45, 7) is 6.92. The van der Waals surface area contributed by atoms with Crippen molar-refractivity contribution in [2.45, 2.75) is 32.9 Å². The molecule has 18 heavy (non-hydrogen) atoms. The molecule has 0 fully saturated rings. The maximum absolute atomic E-state index is 13.1. The minimum atomic E-state index is -0.366. The molecular formula is C12H15FN4S. The zero-order chi connectivity index (χ0) is 13.2. The average Bonchev–Trinajstić information content (AvgIpc) is 2.73. The second-order valence-electron chi connectivity index (χ2n) is 5.04. The molecule has 2 aromatic rings. The largest absolute Gasteiger partial charge is 0.307 e. The van der Waals surface area contributed by atoms with E-state index in [2.05, 4.69) is 40.7 Å². The number of rotatable bonds is 3. The SMILES string of the molecule is CC(C)(C)NCc1snnc1-c1cncc(F)c1. The van der Waals surface area contributed by atoms with E-state index in [1.54, 1.807) is 6.20 Å². The monoisotopic (exact) mass is 266 g/mol. The van der Waals surface area contributed by atoms with Crippen LogP contribution in [0.15, 0.2) is 18.5 Å². The van der Waals surface area contributed by atoms with Crippen molar-refractivity contribution in [1.29, 1.82) is 0 Å². The highest BCUT2D eigenvalue weighted by atomic mass is 32.1. The lowest BCUT2D eigenvalue weighted by Gasteiger charge is -2.19. The van der Waals surface area contributed by atoms with Crippen molar-refractivity contribution in [2.75, 3.05) is 0 Å². The van der Waals surface area contributed by atoms with Crippen LogP contribution in [0.25, 0.3) is 11.3 Å². The van der Waals surface area contributed by atoms with Gasteiger partial charge in [0, 0.05) is 23.8 Å². The Balaban J connectivity index is 2.23. The molecule has 4 nitrogen and oxygen atoms in total. The Hall–Kier alpha value is -1.40. The van der Waals surface area contributed by atoms with Crippen LogP contribution in [0.3, 0.4) is 0 Å². The van der Waals surface area contributed by atoms with E-state index >= 15 is 0 Å². The molecule has 2 heterocycles. The van der Waals surface area contributed by atoms with E-state index in [-0.39, 0.29) is 11.4 Å². The number of hydrogen-bond acceptors (Lipinski definition) is 5. The molecule has 0 radical (unpaired) electrons. The van der Waals surface area contributed by atoms with Gasteiger partial charge in [-0.05, 0) is 38.4 Å². The van der Waals surface area contributed by atoms with Crippen LogP contribution in [0.1, 0.15) is 25.6 Å². The van der Waals surface area contributed by atoms with Crippen molar-refractivity contribution < 1.29 is 4.39 Å². The maximum atomic E-state index is 13.1. The van der Waals surface area contributed by atoms with Gasteiger partial charge in [0.15, 0.2) is 0 Å². The Morgan fingerprint density at radius 2 is 2.11 bits per heavy atom. The quantitative estimate of drug-likeness (QED) is 0.928. The van der Waals surface area contributed by atoms with E-state index in [9.17, 15) is 4.39 Å². The van der Waals surface area contributed by atoms with E-state index in [0.29, 0.717) is 17.8 Å². The Labute approximate surface area is 109 Å². The summed E-state index contributed by atoms with van der Waals surface area (Å²) >= 11 is 1.32. The number of nitrogens with zero attached hydrogens (tertiary/aromatic N) is 3. The maximum Gasteiger partial charge on any atom is 0.142 e. The van der Waals surface area contributed by atoms with Gasteiger partial charge in [-0.2, -0.15) is 0 Å². The fourth-order valence-electron chi connectivity index (χ4n) is 1.43. The Morgan fingerprint density at radius 3 is 2.78 bits per heavy atom. The summed E-state index contributed by atoms with van der Waals surface area (Å²) < 4.78 is 17.1. The third kappa shape index (κ3) is 3.30. The van der Waals surface area contributed by atoms with Gasteiger partial charge in [0.2, 0.25) is 0 Å². The van der Waals surface area contributed by atoms with Gasteiger partial charge in [0.1, 0.15) is 11.5 Å². The van der Waals surface area contributed by atoms with Crippen LogP contribution < -0.4 is 5.32 Å². The first-order valence-electron chi connectivity index (χ1n) is 5.63. The van der Waals surface area contributed by atoms with Crippen LogP contribution in [-0.4, -0.2) is 20.1 Å². The smallest absolute Gasteiger partial charge is 0.142 e. The zero-order valence-electron chi connectivity index (χ0n) is 10.6. The van der Waals surface area contributed by atoms with Crippen LogP contribution in [0.5, 0.6) is 0 Å². The van der Waals surface area contributed by atoms with Crippen LogP contribution in [-0.2, 0) is 6.54 Å². The Kier molecular flexibility index (Phi) is 3.68. The number of nitrogens with one attached hydrogen (secondary N) is 1. The summed E-state index contributed by atoms with van der Waals surface area (Å²) in [5.74, 6) is -0.366. The summed E-state index contributed by atoms with van der Waals surface area (Å²) in [7, 11) is 0. The molecule has 0 aliphatic rings. The van der Waals surface area contributed by atoms with Gasteiger partial charge in [-0.3, -0.25) is 4.98 Å². The van der Waals surface area contributed by atoms with Crippen LogP contribution in [0.4, 0.5) is 4.39 Å².